The van der Waals surface area contributed by atoms with Crippen molar-refractivity contribution < 1.29 is 9.53 Å². The monoisotopic (exact) mass is 559 g/mol. The van der Waals surface area contributed by atoms with E-state index >= 15 is 0 Å². The maximum atomic E-state index is 13.8. The number of methoxy groups -OCH3 is 1. The molecule has 2 aromatic carbocycles. The zero-order chi connectivity index (χ0) is 29.4. The van der Waals surface area contributed by atoms with Crippen LogP contribution in [0.4, 0.5) is 5.69 Å². The minimum Gasteiger partial charge on any atom is -0.481 e. The lowest BCUT2D eigenvalue weighted by Crippen LogP contribution is -2.28. The van der Waals surface area contributed by atoms with Gasteiger partial charge in [0.05, 0.1) is 24.1 Å². The second-order valence-electron chi connectivity index (χ2n) is 11.7. The standard InChI is InChI=1S/C37H41N3O2/c1-6-27-20-21-32(35(40(27)4)25-12-7-8-13-25)36(41)38-33-19-11-16-29(24(33)3)28-15-10-17-30(23(28)2)34-22-26-14-9-18-31(26)37(39-34)42-5/h10-11,15-17,19-22H,6-9,12-14,18H2,1-5H3,(H,38,41). The minimum absolute atomic E-state index is 0.0530. The maximum absolute atomic E-state index is 13.8. The summed E-state index contributed by atoms with van der Waals surface area (Å²) in [5.74, 6) is 0.698. The van der Waals surface area contributed by atoms with Gasteiger partial charge in [-0.25, -0.2) is 4.98 Å². The summed E-state index contributed by atoms with van der Waals surface area (Å²) in [4.78, 5) is 21.0. The number of aromatic nitrogens is 1. The van der Waals surface area contributed by atoms with Crippen molar-refractivity contribution in [1.82, 2.24) is 9.88 Å². The molecule has 0 unspecified atom stereocenters. The van der Waals surface area contributed by atoms with E-state index in [0.717, 1.165) is 89.3 Å². The van der Waals surface area contributed by atoms with Crippen molar-refractivity contribution in [2.24, 2.45) is 0 Å². The number of hydrogen-bond acceptors (Lipinski definition) is 4. The molecule has 0 spiro atoms. The van der Waals surface area contributed by atoms with Gasteiger partial charge in [-0.15, -0.1) is 0 Å². The highest BCUT2D eigenvalue weighted by molar-refractivity contribution is 6.08. The van der Waals surface area contributed by atoms with Crippen molar-refractivity contribution >= 4 is 11.6 Å². The molecular weight excluding hydrogens is 518 g/mol. The van der Waals surface area contributed by atoms with E-state index in [4.69, 9.17) is 9.72 Å². The van der Waals surface area contributed by atoms with Crippen LogP contribution in [0.15, 0.2) is 77.2 Å². The number of anilines is 1. The number of rotatable bonds is 6. The second kappa shape index (κ2) is 11.6. The number of amides is 1. The normalized spacial score (nSPS) is 16.4. The fourth-order valence-corrected chi connectivity index (χ4v) is 7.01. The molecule has 2 aliphatic carbocycles. The summed E-state index contributed by atoms with van der Waals surface area (Å²) < 4.78 is 5.69. The van der Waals surface area contributed by atoms with Gasteiger partial charge >= 0.3 is 0 Å². The molecule has 3 aliphatic rings. The largest absolute Gasteiger partial charge is 0.481 e. The lowest BCUT2D eigenvalue weighted by atomic mass is 9.91. The topological polar surface area (TPSA) is 54.5 Å². The molecule has 6 rings (SSSR count). The number of allylic oxidation sites excluding steroid dienone is 4. The first-order chi connectivity index (χ1) is 20.4. The van der Waals surface area contributed by atoms with Crippen LogP contribution in [0.2, 0.25) is 0 Å². The van der Waals surface area contributed by atoms with E-state index in [2.05, 4.69) is 74.4 Å². The Balaban J connectivity index is 1.34. The molecule has 0 saturated heterocycles. The minimum atomic E-state index is -0.0530. The second-order valence-corrected chi connectivity index (χ2v) is 11.7. The van der Waals surface area contributed by atoms with Crippen LogP contribution < -0.4 is 10.1 Å². The molecule has 3 aromatic rings. The van der Waals surface area contributed by atoms with Gasteiger partial charge in [-0.1, -0.05) is 37.3 Å². The zero-order valence-corrected chi connectivity index (χ0v) is 25.6. The average Bonchev–Trinajstić information content (AvgIpc) is 3.70. The summed E-state index contributed by atoms with van der Waals surface area (Å²) in [5.41, 5.74) is 14.5. The summed E-state index contributed by atoms with van der Waals surface area (Å²) in [5, 5.41) is 3.28. The van der Waals surface area contributed by atoms with Gasteiger partial charge in [0.15, 0.2) is 0 Å². The van der Waals surface area contributed by atoms with Gasteiger partial charge in [-0.2, -0.15) is 0 Å². The number of carbonyl (C=O) groups excluding carboxylic acids is 1. The molecule has 5 nitrogen and oxygen atoms in total. The molecule has 1 amide bonds. The molecule has 1 fully saturated rings. The Morgan fingerprint density at radius 3 is 2.38 bits per heavy atom. The van der Waals surface area contributed by atoms with Gasteiger partial charge in [-0.05, 0) is 123 Å². The molecule has 1 aliphatic heterocycles. The number of likely N-dealkylation sites (N-methyl/N-ethyl adjacent to an activating group) is 1. The first-order valence-electron chi connectivity index (χ1n) is 15.4. The third kappa shape index (κ3) is 4.95. The van der Waals surface area contributed by atoms with Gasteiger partial charge in [0.2, 0.25) is 5.88 Å². The number of aryl methyl sites for hydroxylation is 1. The van der Waals surface area contributed by atoms with Crippen LogP contribution >= 0.6 is 0 Å². The quantitative estimate of drug-likeness (QED) is 0.329. The van der Waals surface area contributed by atoms with Crippen molar-refractivity contribution in [3.8, 4) is 28.3 Å². The predicted octanol–water partition coefficient (Wildman–Crippen LogP) is 8.46. The summed E-state index contributed by atoms with van der Waals surface area (Å²) in [6.07, 6.45) is 12.8. The lowest BCUT2D eigenvalue weighted by Gasteiger charge is -2.31. The number of pyridine rings is 1. The van der Waals surface area contributed by atoms with Gasteiger partial charge in [-0.3, -0.25) is 4.79 Å². The molecule has 1 aromatic heterocycles. The van der Waals surface area contributed by atoms with Crippen LogP contribution in [0.1, 0.15) is 67.7 Å². The Labute approximate surface area is 250 Å². The van der Waals surface area contributed by atoms with E-state index in [1.165, 1.54) is 40.8 Å². The third-order valence-electron chi connectivity index (χ3n) is 9.34. The number of nitrogens with one attached hydrogen (secondary N) is 1. The highest BCUT2D eigenvalue weighted by Gasteiger charge is 2.28. The zero-order valence-electron chi connectivity index (χ0n) is 25.6. The van der Waals surface area contributed by atoms with E-state index in [-0.39, 0.29) is 5.91 Å². The summed E-state index contributed by atoms with van der Waals surface area (Å²) in [6, 6.07) is 14.8. The first kappa shape index (κ1) is 28.0. The van der Waals surface area contributed by atoms with Crippen molar-refractivity contribution in [2.75, 3.05) is 19.5 Å². The van der Waals surface area contributed by atoms with Crippen LogP contribution in [-0.4, -0.2) is 29.9 Å². The molecule has 1 N–H and O–H groups in total. The van der Waals surface area contributed by atoms with E-state index in [9.17, 15) is 4.79 Å². The number of fused-ring (bicyclic) bond motifs is 1. The molecule has 2 heterocycles. The van der Waals surface area contributed by atoms with Gasteiger partial charge in [0, 0.05) is 29.6 Å². The van der Waals surface area contributed by atoms with Gasteiger partial charge in [0.1, 0.15) is 0 Å². The molecule has 216 valence electrons. The van der Waals surface area contributed by atoms with E-state index in [1.807, 2.05) is 18.2 Å². The highest BCUT2D eigenvalue weighted by Crippen LogP contribution is 2.39. The lowest BCUT2D eigenvalue weighted by molar-refractivity contribution is -0.112. The summed E-state index contributed by atoms with van der Waals surface area (Å²) in [6.45, 7) is 6.43. The van der Waals surface area contributed by atoms with Crippen molar-refractivity contribution in [3.63, 3.8) is 0 Å². The fraction of sp³-hybridized carbons (Fsp3) is 0.351. The SMILES string of the molecule is CCC1=CC=C(C(=O)Nc2cccc(-c3cccc(-c4cc5c(c(OC)n4)CCC5)c3C)c2C)C(=C2CCCC2)N1C. The average molecular weight is 560 g/mol. The Hall–Kier alpha value is -4.12. The number of nitrogens with zero attached hydrogens (tertiary/aromatic N) is 2. The Morgan fingerprint density at radius 2 is 1.64 bits per heavy atom. The number of benzene rings is 2. The molecule has 1 saturated carbocycles. The molecule has 5 heteroatoms. The van der Waals surface area contributed by atoms with E-state index in [0.29, 0.717) is 0 Å². The Bertz CT molecular complexity index is 1650. The fourth-order valence-electron chi connectivity index (χ4n) is 7.01. The highest BCUT2D eigenvalue weighted by atomic mass is 16.5. The number of ether oxygens (including phenoxy) is 1. The van der Waals surface area contributed by atoms with Crippen LogP contribution in [0.25, 0.3) is 22.4 Å². The van der Waals surface area contributed by atoms with E-state index in [1.54, 1.807) is 7.11 Å². The molecular formula is C37H41N3O2. The maximum Gasteiger partial charge on any atom is 0.257 e. The molecule has 42 heavy (non-hydrogen) atoms. The van der Waals surface area contributed by atoms with Crippen LogP contribution in [-0.2, 0) is 17.6 Å². The summed E-state index contributed by atoms with van der Waals surface area (Å²) >= 11 is 0. The molecule has 0 atom stereocenters. The van der Waals surface area contributed by atoms with Crippen LogP contribution in [0.3, 0.4) is 0 Å². The van der Waals surface area contributed by atoms with Crippen molar-refractivity contribution in [2.45, 2.75) is 72.1 Å². The number of carbonyl (C=O) groups is 1. The van der Waals surface area contributed by atoms with Crippen molar-refractivity contribution in [1.29, 1.82) is 0 Å². The van der Waals surface area contributed by atoms with Gasteiger partial charge in [0.25, 0.3) is 5.91 Å². The molecule has 0 bridgehead atoms. The Kier molecular flexibility index (Phi) is 7.76. The predicted molar refractivity (Wildman–Crippen MR) is 172 cm³/mol. The summed E-state index contributed by atoms with van der Waals surface area (Å²) in [7, 11) is 3.81. The van der Waals surface area contributed by atoms with Crippen LogP contribution in [0, 0.1) is 13.8 Å². The van der Waals surface area contributed by atoms with Crippen LogP contribution in [0.5, 0.6) is 5.88 Å². The third-order valence-corrected chi connectivity index (χ3v) is 9.34. The smallest absolute Gasteiger partial charge is 0.257 e. The Morgan fingerprint density at radius 1 is 0.929 bits per heavy atom. The number of hydrogen-bond donors (Lipinski definition) is 1. The van der Waals surface area contributed by atoms with Gasteiger partial charge < -0.3 is 15.0 Å². The van der Waals surface area contributed by atoms with Crippen molar-refractivity contribution in [3.05, 3.63) is 99.4 Å². The molecule has 0 radical (unpaired) electrons. The first-order valence-corrected chi connectivity index (χ1v) is 15.4. The van der Waals surface area contributed by atoms with E-state index < -0.39 is 0 Å².